The van der Waals surface area contributed by atoms with Gasteiger partial charge < -0.3 is 10.1 Å². The van der Waals surface area contributed by atoms with Crippen molar-refractivity contribution in [3.05, 3.63) is 29.8 Å². The fraction of sp³-hybridized carbons (Fsp3) is 0.684. The lowest BCUT2D eigenvalue weighted by Gasteiger charge is -2.27. The summed E-state index contributed by atoms with van der Waals surface area (Å²) < 4.78 is 5.85. The van der Waals surface area contributed by atoms with Crippen LogP contribution in [0.1, 0.15) is 70.9 Å². The average Bonchev–Trinajstić information content (AvgIpc) is 3.32. The zero-order valence-electron chi connectivity index (χ0n) is 13.9. The molecule has 0 bridgehead atoms. The van der Waals surface area contributed by atoms with Crippen molar-refractivity contribution in [2.75, 3.05) is 6.54 Å². The molecule has 118 valence electrons. The molecule has 1 N–H and O–H groups in total. The topological polar surface area (TPSA) is 21.3 Å². The highest BCUT2D eigenvalue weighted by molar-refractivity contribution is 5.30. The number of rotatable bonds is 10. The molecule has 1 fully saturated rings. The smallest absolute Gasteiger partial charge is 0.119 e. The first-order valence-corrected chi connectivity index (χ1v) is 8.78. The predicted octanol–water partition coefficient (Wildman–Crippen LogP) is 5.09. The van der Waals surface area contributed by atoms with Crippen molar-refractivity contribution in [1.82, 2.24) is 5.32 Å². The van der Waals surface area contributed by atoms with Crippen LogP contribution in [0.2, 0.25) is 0 Å². The van der Waals surface area contributed by atoms with Crippen LogP contribution in [0.5, 0.6) is 5.75 Å². The van der Waals surface area contributed by atoms with Gasteiger partial charge in [-0.15, -0.1) is 0 Å². The molecule has 1 aromatic carbocycles. The summed E-state index contributed by atoms with van der Waals surface area (Å²) in [7, 11) is 0. The molecular weight excluding hydrogens is 258 g/mol. The van der Waals surface area contributed by atoms with Crippen molar-refractivity contribution >= 4 is 0 Å². The molecule has 2 rings (SSSR count). The summed E-state index contributed by atoms with van der Waals surface area (Å²) in [5, 5.41) is 3.69. The molecular formula is C19H31NO. The number of hydrogen-bond acceptors (Lipinski definition) is 2. The molecule has 2 atom stereocenters. The van der Waals surface area contributed by atoms with Gasteiger partial charge in [-0.05, 0) is 49.4 Å². The molecule has 0 saturated heterocycles. The second kappa shape index (κ2) is 8.43. The van der Waals surface area contributed by atoms with E-state index < -0.39 is 0 Å². The van der Waals surface area contributed by atoms with Crippen molar-refractivity contribution < 1.29 is 4.74 Å². The van der Waals surface area contributed by atoms with Gasteiger partial charge in [-0.2, -0.15) is 0 Å². The SMILES string of the molecule is CCCCC(CC)C(NCC)c1ccc(OC2CC2)cc1. The van der Waals surface area contributed by atoms with Gasteiger partial charge in [0, 0.05) is 6.04 Å². The fourth-order valence-electron chi connectivity index (χ4n) is 2.98. The van der Waals surface area contributed by atoms with Crippen LogP contribution < -0.4 is 10.1 Å². The average molecular weight is 289 g/mol. The maximum absolute atomic E-state index is 5.85. The van der Waals surface area contributed by atoms with Crippen molar-refractivity contribution in [1.29, 1.82) is 0 Å². The summed E-state index contributed by atoms with van der Waals surface area (Å²) in [6.07, 6.45) is 8.07. The van der Waals surface area contributed by atoms with E-state index in [0.717, 1.165) is 18.2 Å². The Hall–Kier alpha value is -1.02. The van der Waals surface area contributed by atoms with Gasteiger partial charge in [-0.1, -0.05) is 52.2 Å². The van der Waals surface area contributed by atoms with Gasteiger partial charge in [0.2, 0.25) is 0 Å². The zero-order chi connectivity index (χ0) is 15.1. The fourth-order valence-corrected chi connectivity index (χ4v) is 2.98. The minimum absolute atomic E-state index is 0.474. The maximum atomic E-state index is 5.85. The number of nitrogens with one attached hydrogen (secondary N) is 1. The normalized spacial score (nSPS) is 17.5. The van der Waals surface area contributed by atoms with Crippen LogP contribution >= 0.6 is 0 Å². The van der Waals surface area contributed by atoms with E-state index in [2.05, 4.69) is 50.4 Å². The number of ether oxygens (including phenoxy) is 1. The Balaban J connectivity index is 2.03. The zero-order valence-corrected chi connectivity index (χ0v) is 13.9. The summed E-state index contributed by atoms with van der Waals surface area (Å²) in [6, 6.07) is 9.26. The second-order valence-corrected chi connectivity index (χ2v) is 6.23. The monoisotopic (exact) mass is 289 g/mol. The van der Waals surface area contributed by atoms with Crippen molar-refractivity contribution in [3.63, 3.8) is 0 Å². The lowest BCUT2D eigenvalue weighted by atomic mass is 9.87. The molecule has 0 amide bonds. The standard InChI is InChI=1S/C19H31NO/c1-4-7-8-15(5-2)19(20-6-3)16-9-11-17(12-10-16)21-18-13-14-18/h9-12,15,18-20H,4-8,13-14H2,1-3H3. The van der Waals surface area contributed by atoms with Crippen molar-refractivity contribution in [2.45, 2.75) is 71.4 Å². The van der Waals surface area contributed by atoms with Crippen LogP contribution in [0.15, 0.2) is 24.3 Å². The lowest BCUT2D eigenvalue weighted by Crippen LogP contribution is -2.28. The van der Waals surface area contributed by atoms with E-state index in [1.54, 1.807) is 0 Å². The minimum atomic E-state index is 0.474. The molecule has 1 aliphatic rings. The van der Waals surface area contributed by atoms with Crippen molar-refractivity contribution in [2.24, 2.45) is 5.92 Å². The van der Waals surface area contributed by atoms with Gasteiger partial charge in [0.15, 0.2) is 0 Å². The van der Waals surface area contributed by atoms with Gasteiger partial charge in [-0.25, -0.2) is 0 Å². The molecule has 1 saturated carbocycles. The Morgan fingerprint density at radius 3 is 2.38 bits per heavy atom. The summed E-state index contributed by atoms with van der Waals surface area (Å²) in [5.74, 6) is 1.75. The molecule has 0 heterocycles. The summed E-state index contributed by atoms with van der Waals surface area (Å²) in [4.78, 5) is 0. The maximum Gasteiger partial charge on any atom is 0.119 e. The van der Waals surface area contributed by atoms with E-state index in [9.17, 15) is 0 Å². The van der Waals surface area contributed by atoms with Gasteiger partial charge in [0.25, 0.3) is 0 Å². The number of unbranched alkanes of at least 4 members (excludes halogenated alkanes) is 1. The minimum Gasteiger partial charge on any atom is -0.490 e. The molecule has 2 unspecified atom stereocenters. The van der Waals surface area contributed by atoms with E-state index in [1.165, 1.54) is 44.1 Å². The van der Waals surface area contributed by atoms with E-state index >= 15 is 0 Å². The second-order valence-electron chi connectivity index (χ2n) is 6.23. The predicted molar refractivity (Wildman–Crippen MR) is 89.8 cm³/mol. The molecule has 0 aromatic heterocycles. The van der Waals surface area contributed by atoms with E-state index in [0.29, 0.717) is 12.1 Å². The van der Waals surface area contributed by atoms with Gasteiger partial charge in [0.1, 0.15) is 5.75 Å². The Labute approximate surface area is 130 Å². The highest BCUT2D eigenvalue weighted by atomic mass is 16.5. The summed E-state index contributed by atoms with van der Waals surface area (Å²) in [5.41, 5.74) is 1.41. The number of hydrogen-bond donors (Lipinski definition) is 1. The van der Waals surface area contributed by atoms with Crippen molar-refractivity contribution in [3.8, 4) is 5.75 Å². The van der Waals surface area contributed by atoms with E-state index in [4.69, 9.17) is 4.74 Å². The molecule has 21 heavy (non-hydrogen) atoms. The van der Waals surface area contributed by atoms with Crippen LogP contribution in [0.3, 0.4) is 0 Å². The van der Waals surface area contributed by atoms with E-state index in [-0.39, 0.29) is 0 Å². The first-order chi connectivity index (χ1) is 10.3. The molecule has 2 nitrogen and oxygen atoms in total. The number of benzene rings is 1. The van der Waals surface area contributed by atoms with Crippen LogP contribution in [0, 0.1) is 5.92 Å². The van der Waals surface area contributed by atoms with Gasteiger partial charge >= 0.3 is 0 Å². The quantitative estimate of drug-likeness (QED) is 0.647. The third-order valence-corrected chi connectivity index (χ3v) is 4.41. The van der Waals surface area contributed by atoms with Crippen LogP contribution in [0.25, 0.3) is 0 Å². The van der Waals surface area contributed by atoms with Crippen LogP contribution in [-0.2, 0) is 0 Å². The Morgan fingerprint density at radius 1 is 1.14 bits per heavy atom. The third kappa shape index (κ3) is 5.03. The largest absolute Gasteiger partial charge is 0.490 e. The molecule has 1 aromatic rings. The first-order valence-electron chi connectivity index (χ1n) is 8.78. The molecule has 2 heteroatoms. The highest BCUT2D eigenvalue weighted by Crippen LogP contribution is 2.31. The summed E-state index contributed by atoms with van der Waals surface area (Å²) >= 11 is 0. The van der Waals surface area contributed by atoms with Gasteiger partial charge in [-0.3, -0.25) is 0 Å². The third-order valence-electron chi connectivity index (χ3n) is 4.41. The van der Waals surface area contributed by atoms with Gasteiger partial charge in [0.05, 0.1) is 6.10 Å². The van der Waals surface area contributed by atoms with Crippen LogP contribution in [0.4, 0.5) is 0 Å². The van der Waals surface area contributed by atoms with E-state index in [1.807, 2.05) is 0 Å². The summed E-state index contributed by atoms with van der Waals surface area (Å²) in [6.45, 7) is 7.81. The molecule has 1 aliphatic carbocycles. The molecule has 0 radical (unpaired) electrons. The lowest BCUT2D eigenvalue weighted by molar-refractivity contribution is 0.302. The highest BCUT2D eigenvalue weighted by Gasteiger charge is 2.24. The first kappa shape index (κ1) is 16.4. The van der Waals surface area contributed by atoms with Crippen LogP contribution in [-0.4, -0.2) is 12.6 Å². The Kier molecular flexibility index (Phi) is 6.56. The molecule has 0 aliphatic heterocycles. The molecule has 0 spiro atoms. The Bertz CT molecular complexity index is 397. The Morgan fingerprint density at radius 2 is 1.86 bits per heavy atom.